The molecule has 0 spiro atoms. The summed E-state index contributed by atoms with van der Waals surface area (Å²) >= 11 is 0. The molecule has 0 aromatic carbocycles. The summed E-state index contributed by atoms with van der Waals surface area (Å²) < 4.78 is 63.5. The second-order valence-corrected chi connectivity index (χ2v) is 8.14. The molecule has 3 rings (SSSR count). The van der Waals surface area contributed by atoms with Gasteiger partial charge < -0.3 is 29.9 Å². The number of anilines is 1. The third-order valence-corrected chi connectivity index (χ3v) is 4.81. The number of hydrogen-bond acceptors (Lipinski definition) is 6. The summed E-state index contributed by atoms with van der Waals surface area (Å²) in [6.07, 6.45) is -8.38. The monoisotopic (exact) mass is 555 g/mol. The molecule has 0 unspecified atom stereocenters. The van der Waals surface area contributed by atoms with E-state index in [9.17, 15) is 31.1 Å². The van der Waals surface area contributed by atoms with E-state index in [4.69, 9.17) is 24.8 Å². The molecule has 1 aliphatic rings. The van der Waals surface area contributed by atoms with E-state index in [1.54, 1.807) is 6.20 Å². The number of halogens is 6. The number of aromatic nitrogens is 2. The Morgan fingerprint density at radius 1 is 1.00 bits per heavy atom. The predicted molar refractivity (Wildman–Crippen MR) is 123 cm³/mol. The quantitative estimate of drug-likeness (QED) is 0.491. The molecule has 0 aliphatic carbocycles. The lowest BCUT2D eigenvalue weighted by Crippen LogP contribution is -2.38. The Hall–Kier alpha value is -3.82. The van der Waals surface area contributed by atoms with E-state index in [0.29, 0.717) is 18.8 Å². The van der Waals surface area contributed by atoms with E-state index in [-0.39, 0.29) is 5.91 Å². The van der Waals surface area contributed by atoms with Gasteiger partial charge in [-0.15, -0.1) is 0 Å². The number of amides is 1. The number of carbonyl (C=O) groups excluding carboxylic acids is 1. The molecule has 1 amide bonds. The maximum Gasteiger partial charge on any atom is 0.490 e. The Morgan fingerprint density at radius 3 is 2.00 bits per heavy atom. The summed E-state index contributed by atoms with van der Waals surface area (Å²) in [4.78, 5) is 44.6. The number of aromatic amines is 1. The zero-order valence-corrected chi connectivity index (χ0v) is 20.6. The van der Waals surface area contributed by atoms with Crippen LogP contribution in [0.25, 0.3) is 0 Å². The van der Waals surface area contributed by atoms with Crippen molar-refractivity contribution >= 4 is 23.7 Å². The van der Waals surface area contributed by atoms with Crippen LogP contribution in [0, 0.1) is 6.92 Å². The minimum Gasteiger partial charge on any atom is -0.475 e. The molecule has 2 aromatic rings. The van der Waals surface area contributed by atoms with Crippen molar-refractivity contribution in [1.29, 1.82) is 0 Å². The number of aliphatic carboxylic acids is 2. The van der Waals surface area contributed by atoms with Crippen LogP contribution < -0.4 is 4.90 Å². The fourth-order valence-corrected chi connectivity index (χ4v) is 2.95. The number of nitrogens with zero attached hydrogens (tertiary/aromatic N) is 4. The van der Waals surface area contributed by atoms with E-state index in [1.165, 1.54) is 0 Å². The van der Waals surface area contributed by atoms with Crippen molar-refractivity contribution in [2.24, 2.45) is 0 Å². The minimum atomic E-state index is -5.08. The first-order chi connectivity index (χ1) is 17.4. The van der Waals surface area contributed by atoms with Gasteiger partial charge in [0.2, 0.25) is 0 Å². The summed E-state index contributed by atoms with van der Waals surface area (Å²) in [5, 5.41) is 14.2. The summed E-state index contributed by atoms with van der Waals surface area (Å²) in [6.45, 7) is 5.96. The first-order valence-corrected chi connectivity index (χ1v) is 10.8. The van der Waals surface area contributed by atoms with Gasteiger partial charge in [0.05, 0.1) is 0 Å². The third-order valence-electron chi connectivity index (χ3n) is 4.81. The molecule has 1 aliphatic heterocycles. The van der Waals surface area contributed by atoms with Crippen LogP contribution >= 0.6 is 0 Å². The average molecular weight is 555 g/mol. The van der Waals surface area contributed by atoms with Crippen LogP contribution in [0.5, 0.6) is 0 Å². The number of H-pyrrole nitrogens is 1. The van der Waals surface area contributed by atoms with Crippen LogP contribution in [0.2, 0.25) is 0 Å². The van der Waals surface area contributed by atoms with Crippen LogP contribution in [-0.2, 0) is 16.1 Å². The molecule has 0 bridgehead atoms. The molecular formula is C22H27F6N5O5. The van der Waals surface area contributed by atoms with Crippen LogP contribution in [0.4, 0.5) is 32.2 Å². The Bertz CT molecular complexity index is 1050. The Morgan fingerprint density at radius 2 is 1.55 bits per heavy atom. The van der Waals surface area contributed by atoms with Gasteiger partial charge >= 0.3 is 24.3 Å². The molecule has 0 fully saturated rings. The average Bonchev–Trinajstić information content (AvgIpc) is 3.27. The van der Waals surface area contributed by atoms with Gasteiger partial charge in [0.15, 0.2) is 0 Å². The number of likely N-dealkylation sites (N-methyl/N-ethyl adjacent to an activating group) is 1. The first-order valence-electron chi connectivity index (χ1n) is 10.8. The van der Waals surface area contributed by atoms with E-state index >= 15 is 0 Å². The summed E-state index contributed by atoms with van der Waals surface area (Å²) in [7, 11) is 4.15. The molecule has 0 radical (unpaired) electrons. The highest BCUT2D eigenvalue weighted by Crippen LogP contribution is 2.24. The van der Waals surface area contributed by atoms with E-state index in [0.717, 1.165) is 36.7 Å². The van der Waals surface area contributed by atoms with Crippen molar-refractivity contribution < 1.29 is 50.9 Å². The van der Waals surface area contributed by atoms with Crippen LogP contribution in [0.15, 0.2) is 30.5 Å². The van der Waals surface area contributed by atoms with Crippen LogP contribution in [-0.4, -0.2) is 100 Å². The third kappa shape index (κ3) is 10.7. The molecule has 38 heavy (non-hydrogen) atoms. The maximum absolute atomic E-state index is 12.7. The number of nitrogens with one attached hydrogen (secondary N) is 1. The van der Waals surface area contributed by atoms with Gasteiger partial charge in [0.25, 0.3) is 5.91 Å². The van der Waals surface area contributed by atoms with Gasteiger partial charge in [-0.3, -0.25) is 4.79 Å². The number of alkyl halides is 6. The van der Waals surface area contributed by atoms with Gasteiger partial charge in [0, 0.05) is 50.2 Å². The van der Waals surface area contributed by atoms with E-state index in [2.05, 4.69) is 34.9 Å². The minimum absolute atomic E-state index is 0.0426. The second-order valence-electron chi connectivity index (χ2n) is 8.14. The SMILES string of the molecule is Cc1ccc2c(n1)N(CCN(C)C)CCN(C(=O)c1ccc[nH]1)C2.O=C(O)C(F)(F)F.O=C(O)C(F)(F)F. The van der Waals surface area contributed by atoms with Gasteiger partial charge in [-0.05, 0) is 39.2 Å². The highest BCUT2D eigenvalue weighted by Gasteiger charge is 2.38. The molecule has 10 nitrogen and oxygen atoms in total. The second kappa shape index (κ2) is 13.6. The standard InChI is InChI=1S/C18H25N5O.2C2HF3O2/c1-14-6-7-15-13-23(18(24)16-5-4-8-19-16)12-11-22(17(15)20-14)10-9-21(2)3;2*3-2(4,5)1(6)7/h4-8,19H,9-13H2,1-3H3;2*(H,6,7). The molecule has 212 valence electrons. The topological polar surface area (TPSA) is 130 Å². The number of rotatable bonds is 4. The van der Waals surface area contributed by atoms with Crippen molar-refractivity contribution in [3.63, 3.8) is 0 Å². The van der Waals surface area contributed by atoms with E-state index in [1.807, 2.05) is 30.0 Å². The zero-order chi connectivity index (χ0) is 29.3. The van der Waals surface area contributed by atoms with Gasteiger partial charge in [-0.1, -0.05) is 6.07 Å². The smallest absolute Gasteiger partial charge is 0.475 e. The Balaban J connectivity index is 0.000000426. The maximum atomic E-state index is 12.7. The highest BCUT2D eigenvalue weighted by molar-refractivity contribution is 5.92. The van der Waals surface area contributed by atoms with Crippen molar-refractivity contribution in [3.8, 4) is 0 Å². The van der Waals surface area contributed by atoms with Crippen molar-refractivity contribution in [2.75, 3.05) is 45.2 Å². The highest BCUT2D eigenvalue weighted by atomic mass is 19.4. The molecular weight excluding hydrogens is 528 g/mol. The lowest BCUT2D eigenvalue weighted by atomic mass is 10.2. The van der Waals surface area contributed by atoms with Crippen molar-refractivity contribution in [2.45, 2.75) is 25.8 Å². The summed E-state index contributed by atoms with van der Waals surface area (Å²) in [5.41, 5.74) is 2.75. The number of fused-ring (bicyclic) bond motifs is 1. The lowest BCUT2D eigenvalue weighted by molar-refractivity contribution is -0.193. The number of pyridine rings is 1. The molecule has 0 saturated heterocycles. The summed E-state index contributed by atoms with van der Waals surface area (Å²) in [5.74, 6) is -4.46. The molecule has 0 saturated carbocycles. The fraction of sp³-hybridized carbons (Fsp3) is 0.455. The molecule has 0 atom stereocenters. The number of aryl methyl sites for hydroxylation is 1. The normalized spacial score (nSPS) is 13.4. The Labute approximate surface area is 213 Å². The van der Waals surface area contributed by atoms with Gasteiger partial charge in [-0.2, -0.15) is 26.3 Å². The van der Waals surface area contributed by atoms with Crippen molar-refractivity contribution in [3.05, 3.63) is 47.4 Å². The Kier molecular flexibility index (Phi) is 11.6. The summed E-state index contributed by atoms with van der Waals surface area (Å²) in [6, 6.07) is 7.80. The van der Waals surface area contributed by atoms with Crippen LogP contribution in [0.1, 0.15) is 21.7 Å². The molecule has 3 N–H and O–H groups in total. The molecule has 16 heteroatoms. The van der Waals surface area contributed by atoms with Crippen LogP contribution in [0.3, 0.4) is 0 Å². The fourth-order valence-electron chi connectivity index (χ4n) is 2.95. The largest absolute Gasteiger partial charge is 0.490 e. The van der Waals surface area contributed by atoms with E-state index < -0.39 is 24.3 Å². The van der Waals surface area contributed by atoms with Gasteiger partial charge in [0.1, 0.15) is 11.5 Å². The first kappa shape index (κ1) is 32.2. The number of carboxylic acids is 2. The molecule has 2 aromatic heterocycles. The zero-order valence-electron chi connectivity index (χ0n) is 20.6. The van der Waals surface area contributed by atoms with Gasteiger partial charge in [-0.25, -0.2) is 14.6 Å². The lowest BCUT2D eigenvalue weighted by Gasteiger charge is -2.25. The number of carbonyl (C=O) groups is 3. The number of carboxylic acid groups (broad SMARTS) is 2. The molecule has 3 heterocycles. The predicted octanol–water partition coefficient (Wildman–Crippen LogP) is 3.01. The number of hydrogen-bond donors (Lipinski definition) is 3. The van der Waals surface area contributed by atoms with Crippen molar-refractivity contribution in [1.82, 2.24) is 19.8 Å².